The molecule has 2 aromatic carbocycles. The molecule has 0 atom stereocenters. The number of nitrogens with zero attached hydrogens (tertiary/aromatic N) is 3. The zero-order valence-electron chi connectivity index (χ0n) is 15.7. The van der Waals surface area contributed by atoms with Gasteiger partial charge in [-0.2, -0.15) is 4.37 Å². The highest BCUT2D eigenvalue weighted by Gasteiger charge is 2.16. The van der Waals surface area contributed by atoms with Crippen molar-refractivity contribution in [2.24, 2.45) is 0 Å². The molecule has 0 radical (unpaired) electrons. The summed E-state index contributed by atoms with van der Waals surface area (Å²) in [5.74, 6) is -0.204. The van der Waals surface area contributed by atoms with Crippen LogP contribution in [0.5, 0.6) is 0 Å². The molecule has 0 spiro atoms. The SMILES string of the molecule is O=C(CCn1ccc2cc(Cl)c(Cl)cc21)Nc1ccc(S(=O)(=O)Nc2ncns2)cc1. The van der Waals surface area contributed by atoms with E-state index in [1.807, 2.05) is 16.8 Å². The van der Waals surface area contributed by atoms with E-state index in [1.165, 1.54) is 30.6 Å². The average molecular weight is 496 g/mol. The van der Waals surface area contributed by atoms with Crippen molar-refractivity contribution in [1.29, 1.82) is 0 Å². The summed E-state index contributed by atoms with van der Waals surface area (Å²) in [6, 6.07) is 11.3. The summed E-state index contributed by atoms with van der Waals surface area (Å²) in [7, 11) is -3.77. The molecule has 0 aliphatic heterocycles. The van der Waals surface area contributed by atoms with Crippen LogP contribution in [-0.2, 0) is 21.4 Å². The average Bonchev–Trinajstić information content (AvgIpc) is 3.37. The van der Waals surface area contributed by atoms with Crippen molar-refractivity contribution in [1.82, 2.24) is 13.9 Å². The standard InChI is InChI=1S/C19H15Cl2N5O3S2/c20-15-9-12-5-7-26(17(12)10-16(15)21)8-6-18(27)24-13-1-3-14(4-2-13)31(28,29)25-19-22-11-23-30-19/h1-5,7,9-11H,6,8H2,(H,24,27)(H,22,23,25). The molecule has 2 N–H and O–H groups in total. The van der Waals surface area contributed by atoms with Gasteiger partial charge >= 0.3 is 0 Å². The van der Waals surface area contributed by atoms with E-state index in [1.54, 1.807) is 12.1 Å². The predicted octanol–water partition coefficient (Wildman–Crippen LogP) is 4.63. The number of sulfonamides is 1. The van der Waals surface area contributed by atoms with Crippen molar-refractivity contribution in [3.05, 3.63) is 65.0 Å². The first kappa shape index (κ1) is 21.6. The molecule has 0 bridgehead atoms. The molecule has 0 saturated carbocycles. The van der Waals surface area contributed by atoms with Crippen molar-refractivity contribution in [2.75, 3.05) is 10.0 Å². The Kier molecular flexibility index (Phi) is 6.15. The number of halogens is 2. The molecule has 0 fully saturated rings. The monoisotopic (exact) mass is 495 g/mol. The Morgan fingerprint density at radius 3 is 2.55 bits per heavy atom. The van der Waals surface area contributed by atoms with Gasteiger partial charge in [-0.05, 0) is 42.5 Å². The molecule has 0 aliphatic rings. The van der Waals surface area contributed by atoms with Gasteiger partial charge < -0.3 is 9.88 Å². The van der Waals surface area contributed by atoms with Crippen LogP contribution in [0.2, 0.25) is 10.0 Å². The first-order valence-electron chi connectivity index (χ1n) is 8.95. The van der Waals surface area contributed by atoms with Crippen LogP contribution in [0.25, 0.3) is 10.9 Å². The van der Waals surface area contributed by atoms with Crippen molar-refractivity contribution in [2.45, 2.75) is 17.9 Å². The van der Waals surface area contributed by atoms with E-state index in [-0.39, 0.29) is 22.4 Å². The lowest BCUT2D eigenvalue weighted by molar-refractivity contribution is -0.116. The van der Waals surface area contributed by atoms with Crippen molar-refractivity contribution < 1.29 is 13.2 Å². The molecule has 12 heteroatoms. The normalized spacial score (nSPS) is 11.5. The lowest BCUT2D eigenvalue weighted by Crippen LogP contribution is -2.15. The quantitative estimate of drug-likeness (QED) is 0.388. The Labute approximate surface area is 192 Å². The number of hydrogen-bond acceptors (Lipinski definition) is 6. The van der Waals surface area contributed by atoms with Gasteiger partial charge in [-0.1, -0.05) is 23.2 Å². The number of rotatable bonds is 7. The molecule has 8 nitrogen and oxygen atoms in total. The van der Waals surface area contributed by atoms with Gasteiger partial charge in [0.05, 0.1) is 14.9 Å². The number of carbonyl (C=O) groups excluding carboxylic acids is 1. The Bertz CT molecular complexity index is 1340. The number of aryl methyl sites for hydroxylation is 1. The second kappa shape index (κ2) is 8.83. The zero-order chi connectivity index (χ0) is 22.0. The van der Waals surface area contributed by atoms with E-state index in [9.17, 15) is 13.2 Å². The van der Waals surface area contributed by atoms with Crippen molar-refractivity contribution >= 4 is 72.4 Å². The summed E-state index contributed by atoms with van der Waals surface area (Å²) in [5, 5.41) is 4.81. The number of hydrogen-bond donors (Lipinski definition) is 2. The predicted molar refractivity (Wildman–Crippen MR) is 122 cm³/mol. The highest BCUT2D eigenvalue weighted by atomic mass is 35.5. The smallest absolute Gasteiger partial charge is 0.263 e. The fourth-order valence-electron chi connectivity index (χ4n) is 2.93. The van der Waals surface area contributed by atoms with Crippen LogP contribution in [-0.4, -0.2) is 28.2 Å². The maximum Gasteiger partial charge on any atom is 0.263 e. The van der Waals surface area contributed by atoms with E-state index in [0.717, 1.165) is 22.4 Å². The van der Waals surface area contributed by atoms with Crippen LogP contribution in [0, 0.1) is 0 Å². The summed E-state index contributed by atoms with van der Waals surface area (Å²) in [5.41, 5.74) is 1.38. The van der Waals surface area contributed by atoms with Gasteiger partial charge in [-0.3, -0.25) is 9.52 Å². The largest absolute Gasteiger partial charge is 0.347 e. The molecule has 0 saturated heterocycles. The highest BCUT2D eigenvalue weighted by Crippen LogP contribution is 2.28. The Morgan fingerprint density at radius 2 is 1.84 bits per heavy atom. The van der Waals surface area contributed by atoms with E-state index in [0.29, 0.717) is 22.3 Å². The number of aromatic nitrogens is 3. The summed E-state index contributed by atoms with van der Waals surface area (Å²) >= 11 is 13.1. The second-order valence-corrected chi connectivity index (χ2v) is 9.79. The molecule has 4 rings (SSSR count). The molecular formula is C19H15Cl2N5O3S2. The molecule has 0 unspecified atom stereocenters. The molecule has 4 aromatic rings. The van der Waals surface area contributed by atoms with Gasteiger partial charge in [0.25, 0.3) is 10.0 Å². The van der Waals surface area contributed by atoms with Gasteiger partial charge in [-0.25, -0.2) is 13.4 Å². The highest BCUT2D eigenvalue weighted by molar-refractivity contribution is 7.93. The fourth-order valence-corrected chi connectivity index (χ4v) is 4.93. The minimum atomic E-state index is -3.77. The third-order valence-corrected chi connectivity index (χ3v) is 7.21. The molecular weight excluding hydrogens is 481 g/mol. The fraction of sp³-hybridized carbons (Fsp3) is 0.105. The van der Waals surface area contributed by atoms with E-state index in [4.69, 9.17) is 23.2 Å². The zero-order valence-corrected chi connectivity index (χ0v) is 18.9. The van der Waals surface area contributed by atoms with Gasteiger partial charge in [0, 0.05) is 47.3 Å². The Morgan fingerprint density at radius 1 is 1.10 bits per heavy atom. The number of amides is 1. The lowest BCUT2D eigenvalue weighted by Gasteiger charge is -2.09. The first-order chi connectivity index (χ1) is 14.8. The first-order valence-corrected chi connectivity index (χ1v) is 12.0. The molecule has 2 aromatic heterocycles. The van der Waals surface area contributed by atoms with Crippen LogP contribution < -0.4 is 10.0 Å². The summed E-state index contributed by atoms with van der Waals surface area (Å²) in [6.07, 6.45) is 3.36. The number of carbonyl (C=O) groups is 1. The van der Waals surface area contributed by atoms with E-state index < -0.39 is 10.0 Å². The number of nitrogens with one attached hydrogen (secondary N) is 2. The Hall–Kier alpha value is -2.66. The maximum atomic E-state index is 12.3. The van der Waals surface area contributed by atoms with E-state index >= 15 is 0 Å². The van der Waals surface area contributed by atoms with Crippen LogP contribution in [0.4, 0.5) is 10.8 Å². The van der Waals surface area contributed by atoms with Crippen molar-refractivity contribution in [3.63, 3.8) is 0 Å². The van der Waals surface area contributed by atoms with Crippen LogP contribution in [0.15, 0.2) is 59.9 Å². The third kappa shape index (κ3) is 4.99. The summed E-state index contributed by atoms with van der Waals surface area (Å²) in [4.78, 5) is 16.2. The minimum Gasteiger partial charge on any atom is -0.347 e. The van der Waals surface area contributed by atoms with Crippen molar-refractivity contribution in [3.8, 4) is 0 Å². The van der Waals surface area contributed by atoms with Gasteiger partial charge in [-0.15, -0.1) is 0 Å². The molecule has 2 heterocycles. The number of anilines is 2. The van der Waals surface area contributed by atoms with Crippen LogP contribution in [0.1, 0.15) is 6.42 Å². The molecule has 31 heavy (non-hydrogen) atoms. The molecule has 160 valence electrons. The van der Waals surface area contributed by atoms with Gasteiger partial charge in [0.15, 0.2) is 0 Å². The van der Waals surface area contributed by atoms with Gasteiger partial charge in [0.1, 0.15) is 6.33 Å². The van der Waals surface area contributed by atoms with Crippen LogP contribution >= 0.6 is 34.7 Å². The number of fused-ring (bicyclic) bond motifs is 1. The maximum absolute atomic E-state index is 12.3. The Balaban J connectivity index is 1.37. The summed E-state index contributed by atoms with van der Waals surface area (Å²) < 4.78 is 32.7. The topological polar surface area (TPSA) is 106 Å². The number of benzene rings is 2. The minimum absolute atomic E-state index is 0.0510. The van der Waals surface area contributed by atoms with Gasteiger partial charge in [0.2, 0.25) is 11.0 Å². The third-order valence-electron chi connectivity index (χ3n) is 4.42. The lowest BCUT2D eigenvalue weighted by atomic mass is 10.2. The molecule has 1 amide bonds. The second-order valence-electron chi connectivity index (χ2n) is 6.51. The summed E-state index contributed by atoms with van der Waals surface area (Å²) in [6.45, 7) is 0.450. The van der Waals surface area contributed by atoms with E-state index in [2.05, 4.69) is 19.4 Å². The molecule has 0 aliphatic carbocycles. The van der Waals surface area contributed by atoms with Crippen LogP contribution in [0.3, 0.4) is 0 Å².